The zero-order valence-corrected chi connectivity index (χ0v) is 12.5. The van der Waals surface area contributed by atoms with Crippen LogP contribution in [0.2, 0.25) is 0 Å². The second-order valence-electron chi connectivity index (χ2n) is 4.18. The van der Waals surface area contributed by atoms with Crippen molar-refractivity contribution in [3.8, 4) is 0 Å². The van der Waals surface area contributed by atoms with Gasteiger partial charge >= 0.3 is 5.97 Å². The molecule has 1 atom stereocenters. The molecule has 110 valence electrons. The van der Waals surface area contributed by atoms with Crippen molar-refractivity contribution in [2.45, 2.75) is 16.7 Å². The number of sulfonamides is 1. The summed E-state index contributed by atoms with van der Waals surface area (Å²) in [6.45, 7) is 0. The zero-order valence-electron chi connectivity index (χ0n) is 10.0. The van der Waals surface area contributed by atoms with Gasteiger partial charge in [0, 0.05) is 10.3 Å². The molecule has 0 bridgehead atoms. The van der Waals surface area contributed by atoms with E-state index in [1.165, 1.54) is 18.2 Å². The summed E-state index contributed by atoms with van der Waals surface area (Å²) >= 11 is 0.847. The molecule has 20 heavy (non-hydrogen) atoms. The van der Waals surface area contributed by atoms with Gasteiger partial charge in [0.25, 0.3) is 10.0 Å². The summed E-state index contributed by atoms with van der Waals surface area (Å²) < 4.78 is 48.7. The van der Waals surface area contributed by atoms with Crippen molar-refractivity contribution >= 4 is 37.2 Å². The minimum atomic E-state index is -3.85. The van der Waals surface area contributed by atoms with E-state index in [0.29, 0.717) is 4.88 Å². The lowest BCUT2D eigenvalue weighted by atomic mass is 10.3. The van der Waals surface area contributed by atoms with Crippen molar-refractivity contribution in [3.63, 3.8) is 0 Å². The Kier molecular flexibility index (Phi) is 4.00. The van der Waals surface area contributed by atoms with Crippen LogP contribution in [0.5, 0.6) is 0 Å². The van der Waals surface area contributed by atoms with Crippen molar-refractivity contribution in [2.24, 2.45) is 0 Å². The van der Waals surface area contributed by atoms with Crippen molar-refractivity contribution in [1.82, 2.24) is 4.72 Å². The summed E-state index contributed by atoms with van der Waals surface area (Å²) in [5.74, 6) is -1.35. The third-order valence-electron chi connectivity index (χ3n) is 2.46. The van der Waals surface area contributed by atoms with Crippen LogP contribution in [0, 0.1) is 0 Å². The highest BCUT2D eigenvalue weighted by Gasteiger charge is 2.27. The van der Waals surface area contributed by atoms with Crippen LogP contribution in [0.25, 0.3) is 0 Å². The third kappa shape index (κ3) is 3.66. The van der Waals surface area contributed by atoms with E-state index in [4.69, 9.17) is 5.11 Å². The first kappa shape index (κ1) is 15.2. The number of rotatable bonds is 5. The second kappa shape index (κ2) is 5.28. The fourth-order valence-electron chi connectivity index (χ4n) is 1.65. The van der Waals surface area contributed by atoms with Gasteiger partial charge in [0.1, 0.15) is 4.21 Å². The van der Waals surface area contributed by atoms with Gasteiger partial charge in [0.05, 0.1) is 18.2 Å². The van der Waals surface area contributed by atoms with Crippen molar-refractivity contribution in [1.29, 1.82) is 0 Å². The second-order valence-corrected chi connectivity index (χ2v) is 9.22. The summed E-state index contributed by atoms with van der Waals surface area (Å²) in [5, 5.41) is 9.61. The fraction of sp³-hybridized carbons (Fsp3) is 0.300. The molecule has 2 rings (SSSR count). The average Bonchev–Trinajstić information content (AvgIpc) is 2.84. The van der Waals surface area contributed by atoms with Crippen molar-refractivity contribution < 1.29 is 26.7 Å². The Bertz CT molecular complexity index is 759. The number of hydrogen-bond donors (Lipinski definition) is 2. The maximum absolute atomic E-state index is 12.0. The summed E-state index contributed by atoms with van der Waals surface area (Å²) in [6.07, 6.45) is 1.02. The van der Waals surface area contributed by atoms with Crippen LogP contribution in [0.15, 0.2) is 27.8 Å². The average molecular weight is 337 g/mol. The highest BCUT2D eigenvalue weighted by molar-refractivity contribution is 7.94. The molecule has 7 nitrogen and oxygen atoms in total. The van der Waals surface area contributed by atoms with E-state index in [1.807, 2.05) is 0 Å². The van der Waals surface area contributed by atoms with E-state index in [2.05, 4.69) is 4.72 Å². The first-order valence-corrected chi connectivity index (χ1v) is 9.43. The molecular weight excluding hydrogens is 326 g/mol. The molecule has 0 radical (unpaired) electrons. The molecule has 1 aliphatic heterocycles. The van der Waals surface area contributed by atoms with Crippen LogP contribution in [0.1, 0.15) is 4.88 Å². The van der Waals surface area contributed by atoms with Gasteiger partial charge in [0.15, 0.2) is 9.84 Å². The smallest absolute Gasteiger partial charge is 0.308 e. The number of carboxylic acid groups (broad SMARTS) is 1. The molecule has 1 unspecified atom stereocenters. The molecule has 0 spiro atoms. The summed E-state index contributed by atoms with van der Waals surface area (Å²) in [4.78, 5) is 11.0. The largest absolute Gasteiger partial charge is 0.481 e. The highest BCUT2D eigenvalue weighted by Crippen LogP contribution is 2.23. The monoisotopic (exact) mass is 337 g/mol. The maximum Gasteiger partial charge on any atom is 0.308 e. The molecule has 1 aliphatic rings. The minimum absolute atomic E-state index is 0.0357. The van der Waals surface area contributed by atoms with Gasteiger partial charge in [0.2, 0.25) is 0 Å². The van der Waals surface area contributed by atoms with E-state index in [1.54, 1.807) is 0 Å². The van der Waals surface area contributed by atoms with Crippen LogP contribution in [-0.4, -0.2) is 39.7 Å². The van der Waals surface area contributed by atoms with Gasteiger partial charge in [-0.05, 0) is 12.1 Å². The standard InChI is InChI=1S/C10H11NO6S3/c12-9(13)5-8-1-2-10(18-8)20(16,17)11-7-3-4-19(14,15)6-7/h1-4,7,11H,5-6H2,(H,12,13). The number of carbonyl (C=O) groups is 1. The number of aliphatic carboxylic acids is 1. The Morgan fingerprint density at radius 1 is 1.45 bits per heavy atom. The molecular formula is C10H11NO6S3. The molecule has 0 saturated carbocycles. The summed E-state index contributed by atoms with van der Waals surface area (Å²) in [7, 11) is -7.19. The summed E-state index contributed by atoms with van der Waals surface area (Å²) in [5.41, 5.74) is 0. The highest BCUT2D eigenvalue weighted by atomic mass is 32.2. The van der Waals surface area contributed by atoms with Gasteiger partial charge in [-0.2, -0.15) is 0 Å². The van der Waals surface area contributed by atoms with Gasteiger partial charge < -0.3 is 5.11 Å². The zero-order chi connectivity index (χ0) is 15.0. The topological polar surface area (TPSA) is 118 Å². The van der Waals surface area contributed by atoms with Crippen LogP contribution in [0.3, 0.4) is 0 Å². The van der Waals surface area contributed by atoms with E-state index in [-0.39, 0.29) is 16.4 Å². The molecule has 0 aromatic carbocycles. The van der Waals surface area contributed by atoms with Gasteiger partial charge in [-0.3, -0.25) is 4.79 Å². The Labute approximate surface area is 119 Å². The molecule has 2 N–H and O–H groups in total. The van der Waals surface area contributed by atoms with Gasteiger partial charge in [-0.25, -0.2) is 21.6 Å². The van der Waals surface area contributed by atoms with Crippen molar-refractivity contribution in [3.05, 3.63) is 28.5 Å². The van der Waals surface area contributed by atoms with E-state index >= 15 is 0 Å². The SMILES string of the molecule is O=C(O)Cc1ccc(S(=O)(=O)NC2C=CS(=O)(=O)C2)s1. The van der Waals surface area contributed by atoms with Crippen LogP contribution >= 0.6 is 11.3 Å². The Hall–Kier alpha value is -1.23. The number of nitrogens with one attached hydrogen (secondary N) is 1. The number of thiophene rings is 1. The number of hydrogen-bond acceptors (Lipinski definition) is 6. The van der Waals surface area contributed by atoms with Crippen LogP contribution < -0.4 is 4.72 Å². The van der Waals surface area contributed by atoms with Gasteiger partial charge in [-0.15, -0.1) is 11.3 Å². The molecule has 1 aromatic heterocycles. The predicted molar refractivity (Wildman–Crippen MR) is 72.7 cm³/mol. The van der Waals surface area contributed by atoms with Crippen LogP contribution in [0.4, 0.5) is 0 Å². The Balaban J connectivity index is 2.13. The molecule has 2 heterocycles. The molecule has 10 heteroatoms. The quantitative estimate of drug-likeness (QED) is 0.779. The van der Waals surface area contributed by atoms with Crippen LogP contribution in [-0.2, 0) is 31.1 Å². The third-order valence-corrected chi connectivity index (χ3v) is 6.93. The first-order chi connectivity index (χ1) is 9.18. The Morgan fingerprint density at radius 2 is 2.15 bits per heavy atom. The lowest BCUT2D eigenvalue weighted by Gasteiger charge is -2.08. The van der Waals surface area contributed by atoms with E-state index in [9.17, 15) is 21.6 Å². The minimum Gasteiger partial charge on any atom is -0.481 e. The maximum atomic E-state index is 12.0. The lowest BCUT2D eigenvalue weighted by Crippen LogP contribution is -2.35. The van der Waals surface area contributed by atoms with Gasteiger partial charge in [-0.1, -0.05) is 6.08 Å². The normalized spacial score (nSPS) is 21.1. The molecule has 0 aliphatic carbocycles. The predicted octanol–water partition coefficient (Wildman–Crippen LogP) is -0.0358. The van der Waals surface area contributed by atoms with E-state index in [0.717, 1.165) is 16.7 Å². The molecule has 1 aromatic rings. The molecule has 0 saturated heterocycles. The van der Waals surface area contributed by atoms with E-state index < -0.39 is 31.9 Å². The molecule has 0 amide bonds. The Morgan fingerprint density at radius 3 is 2.70 bits per heavy atom. The number of carboxylic acids is 1. The number of sulfone groups is 1. The summed E-state index contributed by atoms with van der Waals surface area (Å²) in [6, 6.07) is 1.93. The van der Waals surface area contributed by atoms with Crippen molar-refractivity contribution in [2.75, 3.05) is 5.75 Å². The first-order valence-electron chi connectivity index (χ1n) is 5.42. The fourth-order valence-corrected chi connectivity index (χ4v) is 5.55. The lowest BCUT2D eigenvalue weighted by molar-refractivity contribution is -0.136. The molecule has 0 fully saturated rings.